The maximum atomic E-state index is 13.2. The quantitative estimate of drug-likeness (QED) is 0.666. The van der Waals surface area contributed by atoms with Gasteiger partial charge in [-0.05, 0) is 57.0 Å². The first kappa shape index (κ1) is 21.1. The maximum absolute atomic E-state index is 13.2. The summed E-state index contributed by atoms with van der Waals surface area (Å²) in [6.07, 6.45) is 0.664. The number of nitrogens with zero attached hydrogens (tertiary/aromatic N) is 2. The summed E-state index contributed by atoms with van der Waals surface area (Å²) < 4.78 is 10.2. The van der Waals surface area contributed by atoms with E-state index in [0.717, 1.165) is 16.7 Å². The average Bonchev–Trinajstić information content (AvgIpc) is 3.42. The molecule has 2 fully saturated rings. The normalized spacial score (nSPS) is 23.7. The van der Waals surface area contributed by atoms with E-state index >= 15 is 0 Å². The number of β-amino-alcohol motifs (C(OH)–C–C–N with tert-alkyl or cyclic N) is 1. The van der Waals surface area contributed by atoms with Crippen molar-refractivity contribution in [2.75, 3.05) is 32.8 Å². The summed E-state index contributed by atoms with van der Waals surface area (Å²) in [4.78, 5) is 38.8. The fraction of sp³-hybridized carbons (Fsp3) is 0.522. The van der Waals surface area contributed by atoms with E-state index < -0.39 is 11.5 Å². The monoisotopic (exact) mass is 441 g/mol. The minimum absolute atomic E-state index is 0.00974. The van der Waals surface area contributed by atoms with Gasteiger partial charge in [-0.15, -0.1) is 0 Å². The Morgan fingerprint density at radius 3 is 2.50 bits per heavy atom. The molecule has 32 heavy (non-hydrogen) atoms. The van der Waals surface area contributed by atoms with Crippen LogP contribution >= 0.6 is 0 Å². The second kappa shape index (κ2) is 7.68. The molecule has 1 aromatic rings. The molecule has 0 aromatic heterocycles. The molecule has 0 bridgehead atoms. The second-order valence-corrected chi connectivity index (χ2v) is 9.10. The van der Waals surface area contributed by atoms with E-state index in [1.54, 1.807) is 19.1 Å². The summed E-state index contributed by atoms with van der Waals surface area (Å²) in [5.41, 5.74) is 6.88. The predicted molar refractivity (Wildman–Crippen MR) is 112 cm³/mol. The molecule has 5 rings (SSSR count). The largest absolute Gasteiger partial charge is 0.457 e. The van der Waals surface area contributed by atoms with Crippen LogP contribution in [0.1, 0.15) is 52.9 Å². The van der Waals surface area contributed by atoms with Crippen molar-refractivity contribution in [2.24, 2.45) is 5.41 Å². The van der Waals surface area contributed by atoms with Crippen LogP contribution in [0, 0.1) is 12.3 Å². The third kappa shape index (κ3) is 3.23. The summed E-state index contributed by atoms with van der Waals surface area (Å²) in [6, 6.07) is 3.53. The van der Waals surface area contributed by atoms with Crippen LogP contribution in [0.2, 0.25) is 0 Å². The Hall–Kier alpha value is -2.75. The van der Waals surface area contributed by atoms with Crippen LogP contribution in [-0.4, -0.2) is 65.6 Å². The molecule has 1 unspecified atom stereocenters. The first-order chi connectivity index (χ1) is 15.3. The molecule has 1 amide bonds. The molecular weight excluding hydrogens is 414 g/mol. The molecule has 2 saturated heterocycles. The highest BCUT2D eigenvalue weighted by Gasteiger charge is 2.50. The van der Waals surface area contributed by atoms with Gasteiger partial charge in [0.15, 0.2) is 0 Å². The summed E-state index contributed by atoms with van der Waals surface area (Å²) in [5.74, 6) is -0.699. The van der Waals surface area contributed by atoms with E-state index in [1.165, 1.54) is 5.01 Å². The van der Waals surface area contributed by atoms with Gasteiger partial charge >= 0.3 is 11.9 Å². The Balaban J connectivity index is 1.23. The van der Waals surface area contributed by atoms with Gasteiger partial charge in [0.25, 0.3) is 0 Å². The van der Waals surface area contributed by atoms with Crippen LogP contribution in [-0.2, 0) is 25.7 Å². The number of likely N-dealkylation sites (tertiary alicyclic amines) is 1. The van der Waals surface area contributed by atoms with Gasteiger partial charge in [-0.25, -0.2) is 20.0 Å². The van der Waals surface area contributed by atoms with Crippen molar-refractivity contribution >= 4 is 17.8 Å². The number of hydrogen-bond acceptors (Lipinski definition) is 8. The molecular formula is C23H27N3O6. The number of cyclic esters (lactones) is 2. The van der Waals surface area contributed by atoms with Crippen LogP contribution in [0.5, 0.6) is 0 Å². The third-order valence-corrected chi connectivity index (χ3v) is 7.39. The summed E-state index contributed by atoms with van der Waals surface area (Å²) >= 11 is 0. The molecule has 9 heteroatoms. The van der Waals surface area contributed by atoms with E-state index in [0.29, 0.717) is 55.9 Å². The van der Waals surface area contributed by atoms with Crippen LogP contribution in [0.4, 0.5) is 0 Å². The summed E-state index contributed by atoms with van der Waals surface area (Å²) in [6.45, 7) is 6.34. The topological polar surface area (TPSA) is 108 Å². The standard InChI is InChI=1S/C23H27N3O6/c1-13-15(3-4-16-17(13)10-31-21(16)29)19(27)9-25-7-5-23(6-8-25)12-24-26(22(23)30)18-11-32-20(28)14(18)2/h3-4,19,24,27H,5-12H2,1-2H3. The van der Waals surface area contributed by atoms with E-state index in [2.05, 4.69) is 10.3 Å². The molecule has 4 aliphatic rings. The molecule has 4 aliphatic heterocycles. The number of ether oxygens (including phenoxy) is 2. The van der Waals surface area contributed by atoms with E-state index in [-0.39, 0.29) is 31.1 Å². The molecule has 0 saturated carbocycles. The number of nitrogens with one attached hydrogen (secondary N) is 1. The van der Waals surface area contributed by atoms with Crippen molar-refractivity contribution in [3.05, 3.63) is 45.7 Å². The Morgan fingerprint density at radius 2 is 1.81 bits per heavy atom. The van der Waals surface area contributed by atoms with Crippen molar-refractivity contribution in [3.8, 4) is 0 Å². The minimum atomic E-state index is -0.687. The van der Waals surface area contributed by atoms with Crippen LogP contribution in [0.3, 0.4) is 0 Å². The van der Waals surface area contributed by atoms with Crippen molar-refractivity contribution in [3.63, 3.8) is 0 Å². The lowest BCUT2D eigenvalue weighted by molar-refractivity contribution is -0.139. The molecule has 170 valence electrons. The Morgan fingerprint density at radius 1 is 1.09 bits per heavy atom. The smallest absolute Gasteiger partial charge is 0.338 e. The zero-order chi connectivity index (χ0) is 22.6. The third-order valence-electron chi connectivity index (χ3n) is 7.39. The number of amides is 1. The second-order valence-electron chi connectivity index (χ2n) is 9.10. The number of hydrazine groups is 1. The van der Waals surface area contributed by atoms with Gasteiger partial charge < -0.3 is 19.5 Å². The van der Waals surface area contributed by atoms with Crippen LogP contribution in [0.15, 0.2) is 23.4 Å². The zero-order valence-corrected chi connectivity index (χ0v) is 18.3. The summed E-state index contributed by atoms with van der Waals surface area (Å²) in [5, 5.41) is 12.4. The van der Waals surface area contributed by atoms with Gasteiger partial charge in [0.2, 0.25) is 5.91 Å². The number of rotatable bonds is 4. The van der Waals surface area contributed by atoms with Crippen LogP contribution < -0.4 is 5.43 Å². The Kier molecular flexibility index (Phi) is 5.07. The maximum Gasteiger partial charge on any atom is 0.338 e. The summed E-state index contributed by atoms with van der Waals surface area (Å²) in [7, 11) is 0. The van der Waals surface area contributed by atoms with Gasteiger partial charge in [0.1, 0.15) is 13.2 Å². The minimum Gasteiger partial charge on any atom is -0.457 e. The first-order valence-corrected chi connectivity index (χ1v) is 11.0. The van der Waals surface area contributed by atoms with Gasteiger partial charge in [0, 0.05) is 18.7 Å². The predicted octanol–water partition coefficient (Wildman–Crippen LogP) is 0.959. The fourth-order valence-corrected chi connectivity index (χ4v) is 5.16. The van der Waals surface area contributed by atoms with Gasteiger partial charge in [-0.2, -0.15) is 0 Å². The van der Waals surface area contributed by atoms with Crippen molar-refractivity contribution in [1.82, 2.24) is 15.3 Å². The lowest BCUT2D eigenvalue weighted by Crippen LogP contribution is -2.46. The van der Waals surface area contributed by atoms with Crippen LogP contribution in [0.25, 0.3) is 0 Å². The zero-order valence-electron chi connectivity index (χ0n) is 18.3. The van der Waals surface area contributed by atoms with Crippen molar-refractivity contribution in [2.45, 2.75) is 39.4 Å². The van der Waals surface area contributed by atoms with E-state index in [1.807, 2.05) is 6.92 Å². The fourth-order valence-electron chi connectivity index (χ4n) is 5.16. The van der Waals surface area contributed by atoms with Gasteiger partial charge in [0.05, 0.1) is 28.4 Å². The molecule has 0 radical (unpaired) electrons. The number of fused-ring (bicyclic) bond motifs is 1. The highest BCUT2D eigenvalue weighted by atomic mass is 16.5. The highest BCUT2D eigenvalue weighted by Crippen LogP contribution is 2.39. The number of esters is 2. The molecule has 1 atom stereocenters. The number of aliphatic hydroxyl groups is 1. The number of piperidine rings is 1. The van der Waals surface area contributed by atoms with E-state index in [4.69, 9.17) is 9.47 Å². The Bertz CT molecular complexity index is 1040. The van der Waals surface area contributed by atoms with E-state index in [9.17, 15) is 19.5 Å². The van der Waals surface area contributed by atoms with Gasteiger partial charge in [-0.1, -0.05) is 6.07 Å². The van der Waals surface area contributed by atoms with Gasteiger partial charge in [-0.3, -0.25) is 4.79 Å². The van der Waals surface area contributed by atoms with Crippen molar-refractivity contribution in [1.29, 1.82) is 0 Å². The number of hydrogen-bond donors (Lipinski definition) is 2. The molecule has 1 aromatic carbocycles. The lowest BCUT2D eigenvalue weighted by atomic mass is 9.78. The number of benzene rings is 1. The van der Waals surface area contributed by atoms with Crippen molar-refractivity contribution < 1.29 is 29.0 Å². The molecule has 4 heterocycles. The number of carbonyl (C=O) groups excluding carboxylic acids is 3. The lowest BCUT2D eigenvalue weighted by Gasteiger charge is -2.38. The molecule has 2 N–H and O–H groups in total. The average molecular weight is 441 g/mol. The SMILES string of the molecule is CC1=C(N2NCC3(CCN(CC(O)c4ccc5c(c4C)COC5=O)CC3)C2=O)COC1=O. The Labute approximate surface area is 185 Å². The highest BCUT2D eigenvalue weighted by molar-refractivity contribution is 5.94. The number of aliphatic hydroxyl groups excluding tert-OH is 1. The molecule has 0 aliphatic carbocycles. The first-order valence-electron chi connectivity index (χ1n) is 11.0. The molecule has 1 spiro atoms. The molecule has 9 nitrogen and oxygen atoms in total. The number of carbonyl (C=O) groups is 3.